The van der Waals surface area contributed by atoms with Crippen molar-refractivity contribution >= 4 is 65.5 Å². The van der Waals surface area contributed by atoms with Crippen molar-refractivity contribution < 1.29 is 40.4 Å². The van der Waals surface area contributed by atoms with Crippen LogP contribution in [0.5, 0.6) is 0 Å². The van der Waals surface area contributed by atoms with Gasteiger partial charge in [-0.15, -0.1) is 0 Å². The van der Waals surface area contributed by atoms with Gasteiger partial charge in [0.2, 0.25) is 5.69 Å². The van der Waals surface area contributed by atoms with E-state index in [9.17, 15) is 35.8 Å². The summed E-state index contributed by atoms with van der Waals surface area (Å²) in [4.78, 5) is 19.6. The number of nitrogens with zero attached hydrogens (tertiary/aromatic N) is 3. The molecule has 3 heterocycles. The molecule has 0 saturated heterocycles. The Kier molecular flexibility index (Phi) is 11.1. The molecule has 11 nitrogen and oxygen atoms in total. The molecule has 304 valence electrons. The monoisotopic (exact) mass is 816 g/mol. The Morgan fingerprint density at radius 1 is 0.877 bits per heavy atom. The van der Waals surface area contributed by atoms with Crippen LogP contribution in [0.1, 0.15) is 115 Å². The second-order valence-electron chi connectivity index (χ2n) is 16.7. The third-order valence-electron chi connectivity index (χ3n) is 12.1. The second kappa shape index (κ2) is 15.1. The first kappa shape index (κ1) is 42.2. The van der Waals surface area contributed by atoms with E-state index in [0.29, 0.717) is 24.9 Å². The van der Waals surface area contributed by atoms with Crippen molar-refractivity contribution in [2.75, 3.05) is 23.7 Å². The van der Waals surface area contributed by atoms with Gasteiger partial charge in [0.1, 0.15) is 6.54 Å². The average Bonchev–Trinajstić information content (AvgIpc) is 3.59. The standard InChI is InChI=1S/C44H53N3O8S2/c1-9-11-24-47-33-21-19-29-18-20-30(57(53,54)55)26-31(29)37(33)44(8,22-15-25-56(50,51)52)36(47)17-14-12-13-16-35-43(6,7)39-34(46(35)23-10-2)27-32(41(48)49)38-40(39)45-28(3)42(38,4)5/h12-14,16-21,26-27H,9-11,15,22-25H2,1-8H3,(H2-,48,49,50,51,52,53,54,55)/p+1. The van der Waals surface area contributed by atoms with Gasteiger partial charge >= 0.3 is 5.97 Å². The van der Waals surface area contributed by atoms with Crippen LogP contribution in [0.15, 0.2) is 82.4 Å². The van der Waals surface area contributed by atoms with E-state index in [1.165, 1.54) is 12.1 Å². The molecule has 3 aliphatic heterocycles. The lowest BCUT2D eigenvalue weighted by atomic mass is 9.74. The fraction of sp³-hybridized carbons (Fsp3) is 0.432. The zero-order chi connectivity index (χ0) is 41.9. The molecule has 1 atom stereocenters. The Morgan fingerprint density at radius 3 is 2.21 bits per heavy atom. The van der Waals surface area contributed by atoms with Crippen molar-refractivity contribution in [1.29, 1.82) is 0 Å². The Bertz CT molecular complexity index is 2560. The zero-order valence-corrected chi connectivity index (χ0v) is 35.7. The molecule has 3 N–H and O–H groups in total. The third kappa shape index (κ3) is 7.43. The molecule has 3 aromatic rings. The highest BCUT2D eigenvalue weighted by molar-refractivity contribution is 7.86. The molecule has 13 heteroatoms. The van der Waals surface area contributed by atoms with Gasteiger partial charge in [-0.3, -0.25) is 14.1 Å². The van der Waals surface area contributed by atoms with Crippen LogP contribution >= 0.6 is 0 Å². The maximum atomic E-state index is 12.7. The fourth-order valence-corrected chi connectivity index (χ4v) is 10.1. The highest BCUT2D eigenvalue weighted by atomic mass is 32.2. The molecule has 0 fully saturated rings. The molecule has 0 aliphatic carbocycles. The third-order valence-corrected chi connectivity index (χ3v) is 13.8. The first-order valence-corrected chi connectivity index (χ1v) is 22.6. The smallest absolute Gasteiger partial charge is 0.336 e. The largest absolute Gasteiger partial charge is 0.478 e. The topological polar surface area (TPSA) is 165 Å². The van der Waals surface area contributed by atoms with Crippen molar-refractivity contribution in [3.63, 3.8) is 0 Å². The molecule has 0 spiro atoms. The number of carboxylic acid groups (broad SMARTS) is 1. The lowest BCUT2D eigenvalue weighted by molar-refractivity contribution is -0.438. The quantitative estimate of drug-likeness (QED) is 0.0817. The van der Waals surface area contributed by atoms with Gasteiger partial charge in [0.15, 0.2) is 5.71 Å². The number of rotatable bonds is 14. The number of hydrogen-bond donors (Lipinski definition) is 3. The van der Waals surface area contributed by atoms with Crippen LogP contribution < -0.4 is 4.90 Å². The molecule has 0 amide bonds. The van der Waals surface area contributed by atoms with Crippen molar-refractivity contribution in [1.82, 2.24) is 0 Å². The van der Waals surface area contributed by atoms with Crippen LogP contribution in [0.2, 0.25) is 0 Å². The minimum absolute atomic E-state index is 0.154. The molecule has 0 bridgehead atoms. The van der Waals surface area contributed by atoms with Crippen LogP contribution in [0.25, 0.3) is 10.8 Å². The maximum absolute atomic E-state index is 12.7. The predicted molar refractivity (Wildman–Crippen MR) is 228 cm³/mol. The Morgan fingerprint density at radius 2 is 1.58 bits per heavy atom. The van der Waals surface area contributed by atoms with E-state index in [2.05, 4.69) is 43.2 Å². The van der Waals surface area contributed by atoms with Crippen molar-refractivity contribution in [3.8, 4) is 0 Å². The summed E-state index contributed by atoms with van der Waals surface area (Å²) in [6.45, 7) is 17.9. The van der Waals surface area contributed by atoms with Gasteiger partial charge in [0.25, 0.3) is 20.2 Å². The van der Waals surface area contributed by atoms with E-state index in [-0.39, 0.29) is 16.9 Å². The number of carboxylic acids is 1. The Balaban J connectivity index is 1.45. The van der Waals surface area contributed by atoms with Crippen molar-refractivity contribution in [2.45, 2.75) is 109 Å². The van der Waals surface area contributed by atoms with Crippen molar-refractivity contribution in [2.24, 2.45) is 4.99 Å². The molecule has 6 rings (SSSR count). The Labute approximate surface area is 336 Å². The van der Waals surface area contributed by atoms with E-state index < -0.39 is 48.2 Å². The molecular formula is C44H54N3O8S2+. The molecule has 0 radical (unpaired) electrons. The van der Waals surface area contributed by atoms with Gasteiger partial charge in [-0.1, -0.05) is 72.3 Å². The summed E-state index contributed by atoms with van der Waals surface area (Å²) in [5, 5.41) is 11.8. The first-order chi connectivity index (χ1) is 26.6. The van der Waals surface area contributed by atoms with E-state index in [0.717, 1.165) is 75.5 Å². The summed E-state index contributed by atoms with van der Waals surface area (Å²) in [5.74, 6) is -1.40. The number of hydrogen-bond acceptors (Lipinski definition) is 7. The fourth-order valence-electron chi connectivity index (χ4n) is 9.10. The number of aromatic carboxylic acids is 1. The summed E-state index contributed by atoms with van der Waals surface area (Å²) in [6.07, 6.45) is 13.1. The van der Waals surface area contributed by atoms with Crippen molar-refractivity contribution in [3.05, 3.63) is 94.7 Å². The lowest BCUT2D eigenvalue weighted by Crippen LogP contribution is -2.32. The van der Waals surface area contributed by atoms with Gasteiger partial charge in [0, 0.05) is 69.7 Å². The maximum Gasteiger partial charge on any atom is 0.336 e. The number of benzene rings is 3. The van der Waals surface area contributed by atoms with Crippen LogP contribution in [-0.2, 0) is 36.5 Å². The lowest BCUT2D eigenvalue weighted by Gasteiger charge is -2.26. The van der Waals surface area contributed by atoms with Gasteiger partial charge in [0.05, 0.1) is 27.3 Å². The normalized spacial score (nSPS) is 20.6. The summed E-state index contributed by atoms with van der Waals surface area (Å²) < 4.78 is 70.1. The van der Waals surface area contributed by atoms with Crippen LogP contribution in [0, 0.1) is 0 Å². The number of allylic oxidation sites excluding steroid dienone is 6. The number of aliphatic imine (C=N–C) groups is 1. The molecule has 57 heavy (non-hydrogen) atoms. The number of unbranched alkanes of at least 4 members (excludes halogenated alkanes) is 1. The van der Waals surface area contributed by atoms with Crippen LogP contribution in [-0.4, -0.2) is 71.9 Å². The summed E-state index contributed by atoms with van der Waals surface area (Å²) in [5.41, 5.74) is 6.35. The predicted octanol–water partition coefficient (Wildman–Crippen LogP) is 9.20. The van der Waals surface area contributed by atoms with Gasteiger partial charge in [-0.2, -0.15) is 21.4 Å². The number of fused-ring (bicyclic) bond motifs is 6. The van der Waals surface area contributed by atoms with Crippen LogP contribution in [0.3, 0.4) is 0 Å². The highest BCUT2D eigenvalue weighted by Gasteiger charge is 2.49. The van der Waals surface area contributed by atoms with Gasteiger partial charge in [-0.25, -0.2) is 4.79 Å². The van der Waals surface area contributed by atoms with E-state index in [1.807, 2.05) is 70.2 Å². The average molecular weight is 817 g/mol. The summed E-state index contributed by atoms with van der Waals surface area (Å²) >= 11 is 0. The first-order valence-electron chi connectivity index (χ1n) is 19.6. The number of anilines is 1. The molecule has 3 aliphatic rings. The van der Waals surface area contributed by atoms with E-state index >= 15 is 0 Å². The molecule has 0 saturated carbocycles. The van der Waals surface area contributed by atoms with E-state index in [1.54, 1.807) is 6.07 Å². The SMILES string of the molecule is CCCC[N+]1=C(/C=C/C=C/C=C2/N(CCC)c3cc(C(=O)O)c4c(c3C2(C)C)N=C(C)C4(C)C)C(C)(CCCS(=O)(=O)O)c2c1ccc1ccc(S(=O)(=O)O)cc21. The molecule has 3 aromatic carbocycles. The molecular weight excluding hydrogens is 763 g/mol. The second-order valence-corrected chi connectivity index (χ2v) is 19.7. The van der Waals surface area contributed by atoms with E-state index in [4.69, 9.17) is 4.99 Å². The minimum Gasteiger partial charge on any atom is -0.478 e. The summed E-state index contributed by atoms with van der Waals surface area (Å²) in [6, 6.07) is 10.3. The van der Waals surface area contributed by atoms with Gasteiger partial charge < -0.3 is 10.0 Å². The summed E-state index contributed by atoms with van der Waals surface area (Å²) in [7, 11) is -8.74. The van der Waals surface area contributed by atoms with Gasteiger partial charge in [-0.05, 0) is 74.2 Å². The zero-order valence-electron chi connectivity index (χ0n) is 34.0. The highest BCUT2D eigenvalue weighted by Crippen LogP contribution is 2.57. The Hall–Kier alpha value is -4.43. The van der Waals surface area contributed by atoms with Crippen LogP contribution in [0.4, 0.5) is 17.1 Å². The molecule has 0 aromatic heterocycles. The minimum atomic E-state index is -4.50. The molecule has 1 unspecified atom stereocenters. The number of carbonyl (C=O) groups is 1.